The van der Waals surface area contributed by atoms with E-state index < -0.39 is 0 Å². The van der Waals surface area contributed by atoms with Gasteiger partial charge in [-0.1, -0.05) is 13.8 Å². The van der Waals surface area contributed by atoms with Crippen LogP contribution in [0.4, 0.5) is 5.95 Å². The van der Waals surface area contributed by atoms with E-state index in [0.29, 0.717) is 11.9 Å². The molecule has 12 heavy (non-hydrogen) atoms. The minimum absolute atomic E-state index is 0.333. The van der Waals surface area contributed by atoms with Gasteiger partial charge in [0, 0.05) is 13.6 Å². The third-order valence-electron chi connectivity index (χ3n) is 1.49. The molecule has 5 nitrogen and oxygen atoms in total. The number of rotatable bonds is 3. The standard InChI is InChI=1S/C7H14N4O/c1-5(2)4-11(3)6-8-7(12)10-9-6/h5H,4H2,1-3H3,(H2,8,9,10,12). The molecule has 1 rings (SSSR count). The Kier molecular flexibility index (Phi) is 2.52. The Morgan fingerprint density at radius 1 is 1.50 bits per heavy atom. The lowest BCUT2D eigenvalue weighted by atomic mass is 10.2. The maximum absolute atomic E-state index is 10.7. The van der Waals surface area contributed by atoms with E-state index in [9.17, 15) is 4.79 Å². The Morgan fingerprint density at radius 3 is 2.58 bits per heavy atom. The van der Waals surface area contributed by atoms with Gasteiger partial charge >= 0.3 is 5.69 Å². The molecule has 1 aromatic heterocycles. The topological polar surface area (TPSA) is 64.8 Å². The molecule has 0 saturated heterocycles. The second kappa shape index (κ2) is 3.42. The van der Waals surface area contributed by atoms with Crippen LogP contribution in [0, 0.1) is 5.92 Å². The van der Waals surface area contributed by atoms with Crippen molar-refractivity contribution in [1.82, 2.24) is 15.2 Å². The summed E-state index contributed by atoms with van der Waals surface area (Å²) >= 11 is 0. The maximum atomic E-state index is 10.7. The molecule has 68 valence electrons. The highest BCUT2D eigenvalue weighted by Gasteiger charge is 2.05. The first-order valence-corrected chi connectivity index (χ1v) is 3.95. The molecule has 0 aromatic carbocycles. The first-order chi connectivity index (χ1) is 5.59. The molecule has 0 amide bonds. The summed E-state index contributed by atoms with van der Waals surface area (Å²) in [6.45, 7) is 5.10. The van der Waals surface area contributed by atoms with Crippen LogP contribution in [0.5, 0.6) is 0 Å². The van der Waals surface area contributed by atoms with Gasteiger partial charge in [0.2, 0.25) is 5.95 Å². The van der Waals surface area contributed by atoms with Crippen molar-refractivity contribution in [2.45, 2.75) is 13.8 Å². The van der Waals surface area contributed by atoms with E-state index in [1.54, 1.807) is 0 Å². The monoisotopic (exact) mass is 170 g/mol. The van der Waals surface area contributed by atoms with Crippen molar-refractivity contribution in [2.24, 2.45) is 5.92 Å². The summed E-state index contributed by atoms with van der Waals surface area (Å²) in [5.74, 6) is 1.14. The maximum Gasteiger partial charge on any atom is 0.362 e. The lowest BCUT2D eigenvalue weighted by molar-refractivity contribution is 0.630. The zero-order chi connectivity index (χ0) is 9.14. The zero-order valence-corrected chi connectivity index (χ0v) is 7.59. The van der Waals surface area contributed by atoms with E-state index in [0.717, 1.165) is 6.54 Å². The Labute approximate surface area is 70.8 Å². The number of H-pyrrole nitrogens is 2. The lowest BCUT2D eigenvalue weighted by Gasteiger charge is -2.17. The van der Waals surface area contributed by atoms with Crippen molar-refractivity contribution >= 4 is 5.95 Å². The largest absolute Gasteiger partial charge is 0.362 e. The van der Waals surface area contributed by atoms with Crippen molar-refractivity contribution in [1.29, 1.82) is 0 Å². The van der Waals surface area contributed by atoms with Crippen molar-refractivity contribution in [2.75, 3.05) is 18.5 Å². The number of hydrogen-bond donors (Lipinski definition) is 2. The molecule has 0 aliphatic heterocycles. The van der Waals surface area contributed by atoms with Gasteiger partial charge in [0.15, 0.2) is 0 Å². The average molecular weight is 170 g/mol. The number of nitrogens with one attached hydrogen (secondary N) is 2. The minimum Gasteiger partial charge on any atom is -0.344 e. The van der Waals surface area contributed by atoms with Gasteiger partial charge in [-0.3, -0.25) is 5.10 Å². The molecule has 0 aliphatic rings. The predicted octanol–water partition coefficient (Wildman–Crippen LogP) is 0.190. The van der Waals surface area contributed by atoms with E-state index in [1.807, 2.05) is 11.9 Å². The summed E-state index contributed by atoms with van der Waals surface area (Å²) < 4.78 is 0. The first-order valence-electron chi connectivity index (χ1n) is 3.95. The van der Waals surface area contributed by atoms with Gasteiger partial charge < -0.3 is 4.90 Å². The summed E-state index contributed by atoms with van der Waals surface area (Å²) in [7, 11) is 1.89. The highest BCUT2D eigenvalue weighted by atomic mass is 16.1. The zero-order valence-electron chi connectivity index (χ0n) is 7.59. The molecule has 0 atom stereocenters. The van der Waals surface area contributed by atoms with Crippen LogP contribution in [0.2, 0.25) is 0 Å². The number of aromatic nitrogens is 3. The van der Waals surface area contributed by atoms with Crippen LogP contribution in [-0.2, 0) is 0 Å². The number of hydrogen-bond acceptors (Lipinski definition) is 3. The van der Waals surface area contributed by atoms with Gasteiger partial charge in [0.05, 0.1) is 0 Å². The minimum atomic E-state index is -0.333. The van der Waals surface area contributed by atoms with E-state index in [2.05, 4.69) is 29.0 Å². The number of nitrogens with zero attached hydrogens (tertiary/aromatic N) is 2. The average Bonchev–Trinajstić information content (AvgIpc) is 2.34. The van der Waals surface area contributed by atoms with Crippen molar-refractivity contribution in [3.63, 3.8) is 0 Å². The van der Waals surface area contributed by atoms with Crippen LogP contribution < -0.4 is 10.6 Å². The summed E-state index contributed by atoms with van der Waals surface area (Å²) in [6, 6.07) is 0. The molecule has 0 saturated carbocycles. The molecule has 0 fully saturated rings. The smallest absolute Gasteiger partial charge is 0.344 e. The van der Waals surface area contributed by atoms with Crippen LogP contribution in [0.25, 0.3) is 0 Å². The van der Waals surface area contributed by atoms with Crippen molar-refractivity contribution in [3.05, 3.63) is 10.5 Å². The summed E-state index contributed by atoms with van der Waals surface area (Å²) in [4.78, 5) is 16.3. The summed E-state index contributed by atoms with van der Waals surface area (Å²) in [6.07, 6.45) is 0. The molecule has 0 spiro atoms. The second-order valence-corrected chi connectivity index (χ2v) is 3.26. The van der Waals surface area contributed by atoms with Crippen LogP contribution in [-0.4, -0.2) is 28.8 Å². The quantitative estimate of drug-likeness (QED) is 0.680. The lowest BCUT2D eigenvalue weighted by Crippen LogP contribution is -2.23. The molecule has 0 unspecified atom stereocenters. The summed E-state index contributed by atoms with van der Waals surface area (Å²) in [5, 5.41) is 5.08. The van der Waals surface area contributed by atoms with Crippen LogP contribution >= 0.6 is 0 Å². The highest BCUT2D eigenvalue weighted by molar-refractivity contribution is 5.24. The Morgan fingerprint density at radius 2 is 2.17 bits per heavy atom. The molecule has 1 aromatic rings. The van der Waals surface area contributed by atoms with Gasteiger partial charge in [-0.2, -0.15) is 4.98 Å². The normalized spacial score (nSPS) is 10.7. The fourth-order valence-electron chi connectivity index (χ4n) is 1.08. The van der Waals surface area contributed by atoms with Gasteiger partial charge in [0.25, 0.3) is 0 Å². The number of anilines is 1. The van der Waals surface area contributed by atoms with Crippen LogP contribution in [0.3, 0.4) is 0 Å². The van der Waals surface area contributed by atoms with E-state index in [4.69, 9.17) is 0 Å². The Hall–Kier alpha value is -1.26. The highest BCUT2D eigenvalue weighted by Crippen LogP contribution is 2.02. The van der Waals surface area contributed by atoms with Gasteiger partial charge in [0.1, 0.15) is 0 Å². The van der Waals surface area contributed by atoms with Gasteiger partial charge in [-0.15, -0.1) is 0 Å². The third kappa shape index (κ3) is 2.11. The SMILES string of the molecule is CC(C)CN(C)c1nc(=O)[nH][nH]1. The molecule has 0 bridgehead atoms. The molecule has 5 heteroatoms. The molecular formula is C7H14N4O. The van der Waals surface area contributed by atoms with E-state index >= 15 is 0 Å². The van der Waals surface area contributed by atoms with Gasteiger partial charge in [-0.05, 0) is 5.92 Å². The first kappa shape index (κ1) is 8.83. The van der Waals surface area contributed by atoms with Crippen molar-refractivity contribution in [3.8, 4) is 0 Å². The molecule has 2 N–H and O–H groups in total. The van der Waals surface area contributed by atoms with E-state index in [1.165, 1.54) is 0 Å². The van der Waals surface area contributed by atoms with Crippen LogP contribution in [0.1, 0.15) is 13.8 Å². The second-order valence-electron chi connectivity index (χ2n) is 3.26. The van der Waals surface area contributed by atoms with Crippen molar-refractivity contribution < 1.29 is 0 Å². The van der Waals surface area contributed by atoms with E-state index in [-0.39, 0.29) is 5.69 Å². The summed E-state index contributed by atoms with van der Waals surface area (Å²) in [5.41, 5.74) is -0.333. The Balaban J connectivity index is 2.65. The number of aromatic amines is 2. The fraction of sp³-hybridized carbons (Fsp3) is 0.714. The third-order valence-corrected chi connectivity index (χ3v) is 1.49. The van der Waals surface area contributed by atoms with Crippen LogP contribution in [0.15, 0.2) is 4.79 Å². The molecule has 0 aliphatic carbocycles. The molecule has 0 radical (unpaired) electrons. The Bertz CT molecular complexity index is 288. The predicted molar refractivity (Wildman–Crippen MR) is 47.3 cm³/mol. The van der Waals surface area contributed by atoms with Gasteiger partial charge in [-0.25, -0.2) is 9.89 Å². The molecule has 1 heterocycles. The fourth-order valence-corrected chi connectivity index (χ4v) is 1.08. The molecular weight excluding hydrogens is 156 g/mol.